The molecule has 0 spiro atoms. The Morgan fingerprint density at radius 2 is 2.13 bits per heavy atom. The van der Waals surface area contributed by atoms with Crippen molar-refractivity contribution < 1.29 is 4.79 Å². The first kappa shape index (κ1) is 21.5. The summed E-state index contributed by atoms with van der Waals surface area (Å²) in [4.78, 5) is 28.6. The van der Waals surface area contributed by atoms with Gasteiger partial charge in [0.15, 0.2) is 5.13 Å². The second-order valence-corrected chi connectivity index (χ2v) is 9.14. The second-order valence-electron chi connectivity index (χ2n) is 7.70. The van der Waals surface area contributed by atoms with E-state index < -0.39 is 0 Å². The molecule has 0 radical (unpaired) electrons. The van der Waals surface area contributed by atoms with Crippen LogP contribution in [0.5, 0.6) is 0 Å². The molecular formula is C20H23BClN7OS. The Balaban J connectivity index is 1.48. The lowest BCUT2D eigenvalue weighted by molar-refractivity contribution is 0.103. The zero-order valence-corrected chi connectivity index (χ0v) is 19.1. The number of benzene rings is 1. The molecule has 31 heavy (non-hydrogen) atoms. The van der Waals surface area contributed by atoms with Gasteiger partial charge < -0.3 is 21.3 Å². The number of hydrogen-bond donors (Lipinski definition) is 3. The van der Waals surface area contributed by atoms with Crippen LogP contribution in [0.4, 0.5) is 22.5 Å². The zero-order chi connectivity index (χ0) is 22.1. The van der Waals surface area contributed by atoms with E-state index in [0.717, 1.165) is 36.4 Å². The quantitative estimate of drug-likeness (QED) is 0.505. The van der Waals surface area contributed by atoms with Gasteiger partial charge in [-0.2, -0.15) is 0 Å². The number of rotatable bonds is 5. The minimum Gasteiger partial charge on any atom is -0.355 e. The average Bonchev–Trinajstić information content (AvgIpc) is 3.33. The fourth-order valence-corrected chi connectivity index (χ4v) is 4.66. The van der Waals surface area contributed by atoms with Crippen LogP contribution < -0.4 is 26.7 Å². The lowest BCUT2D eigenvalue weighted by Gasteiger charge is -2.18. The molecule has 0 saturated carbocycles. The molecule has 4 N–H and O–H groups in total. The van der Waals surface area contributed by atoms with Gasteiger partial charge in [-0.3, -0.25) is 4.79 Å². The monoisotopic (exact) mass is 455 g/mol. The SMILES string of the molecule is Bc1cc(C)c(NC(=O)c2cnc(Nc3cc(N4CCC(N)C4)nc(C)n3)s2)c(Cl)c1. The standard InChI is InChI=1S/C20H23BClN7OS/c1-10-5-12(21)6-14(22)18(10)28-19(30)15-8-24-20(31-15)27-16-7-17(26-11(2)25-16)29-4-3-13(23)9-29/h5-8,13H,3-4,9,21,23H2,1-2H3,(H,28,30)(H,24,25,26,27). The van der Waals surface area contributed by atoms with E-state index in [2.05, 4.69) is 30.5 Å². The number of halogens is 1. The van der Waals surface area contributed by atoms with Gasteiger partial charge in [-0.15, -0.1) is 0 Å². The number of thiazole rings is 1. The molecule has 1 aromatic carbocycles. The van der Waals surface area contributed by atoms with Crippen molar-refractivity contribution >= 4 is 64.6 Å². The van der Waals surface area contributed by atoms with Gasteiger partial charge in [-0.25, -0.2) is 15.0 Å². The first-order chi connectivity index (χ1) is 14.8. The van der Waals surface area contributed by atoms with Gasteiger partial charge in [0, 0.05) is 25.2 Å². The summed E-state index contributed by atoms with van der Waals surface area (Å²) in [6.07, 6.45) is 2.48. The summed E-state index contributed by atoms with van der Waals surface area (Å²) >= 11 is 7.55. The summed E-state index contributed by atoms with van der Waals surface area (Å²) in [5.74, 6) is 1.85. The van der Waals surface area contributed by atoms with Gasteiger partial charge in [-0.05, 0) is 31.9 Å². The molecule has 8 nitrogen and oxygen atoms in total. The molecule has 1 unspecified atom stereocenters. The number of aromatic nitrogens is 3. The highest BCUT2D eigenvalue weighted by atomic mass is 35.5. The third-order valence-corrected chi connectivity index (χ3v) is 6.22. The minimum absolute atomic E-state index is 0.164. The molecular weight excluding hydrogens is 433 g/mol. The van der Waals surface area contributed by atoms with Gasteiger partial charge in [0.1, 0.15) is 30.2 Å². The van der Waals surface area contributed by atoms with Crippen LogP contribution in [-0.2, 0) is 0 Å². The predicted octanol–water partition coefficient (Wildman–Crippen LogP) is 2.00. The number of carbonyl (C=O) groups is 1. The molecule has 1 saturated heterocycles. The van der Waals surface area contributed by atoms with Gasteiger partial charge >= 0.3 is 0 Å². The number of nitrogens with one attached hydrogen (secondary N) is 2. The van der Waals surface area contributed by atoms with Crippen molar-refractivity contribution in [2.75, 3.05) is 28.6 Å². The van der Waals surface area contributed by atoms with E-state index in [-0.39, 0.29) is 11.9 Å². The molecule has 160 valence electrons. The number of nitrogens with two attached hydrogens (primary N) is 1. The number of anilines is 4. The molecule has 2 aromatic heterocycles. The van der Waals surface area contributed by atoms with Crippen LogP contribution in [0.2, 0.25) is 5.02 Å². The summed E-state index contributed by atoms with van der Waals surface area (Å²) in [7, 11) is 1.96. The minimum atomic E-state index is -0.259. The average molecular weight is 456 g/mol. The van der Waals surface area contributed by atoms with Gasteiger partial charge in [0.25, 0.3) is 5.91 Å². The van der Waals surface area contributed by atoms with E-state index in [1.807, 2.05) is 39.9 Å². The summed E-state index contributed by atoms with van der Waals surface area (Å²) in [5.41, 5.74) is 8.58. The maximum absolute atomic E-state index is 12.7. The third kappa shape index (κ3) is 4.98. The van der Waals surface area contributed by atoms with E-state index in [1.165, 1.54) is 17.5 Å². The summed E-state index contributed by atoms with van der Waals surface area (Å²) in [6, 6.07) is 5.84. The molecule has 11 heteroatoms. The van der Waals surface area contributed by atoms with Crippen molar-refractivity contribution in [3.8, 4) is 0 Å². The highest BCUT2D eigenvalue weighted by Crippen LogP contribution is 2.28. The van der Waals surface area contributed by atoms with E-state index in [4.69, 9.17) is 17.3 Å². The molecule has 1 atom stereocenters. The highest BCUT2D eigenvalue weighted by molar-refractivity contribution is 7.17. The molecule has 0 aliphatic carbocycles. The topological polar surface area (TPSA) is 109 Å². The second kappa shape index (κ2) is 8.82. The number of aryl methyl sites for hydroxylation is 2. The molecule has 3 heterocycles. The van der Waals surface area contributed by atoms with E-state index in [9.17, 15) is 4.79 Å². The van der Waals surface area contributed by atoms with Crippen molar-refractivity contribution in [1.29, 1.82) is 0 Å². The smallest absolute Gasteiger partial charge is 0.267 e. The lowest BCUT2D eigenvalue weighted by atomic mass is 9.94. The van der Waals surface area contributed by atoms with Crippen molar-refractivity contribution in [1.82, 2.24) is 15.0 Å². The Hall–Kier alpha value is -2.69. The number of hydrogen-bond acceptors (Lipinski definition) is 8. The highest BCUT2D eigenvalue weighted by Gasteiger charge is 2.21. The van der Waals surface area contributed by atoms with Crippen LogP contribution >= 0.6 is 22.9 Å². The van der Waals surface area contributed by atoms with Crippen LogP contribution in [0.15, 0.2) is 24.4 Å². The molecule has 1 fully saturated rings. The number of nitrogens with zero attached hydrogens (tertiary/aromatic N) is 4. The first-order valence-electron chi connectivity index (χ1n) is 9.95. The van der Waals surface area contributed by atoms with Crippen LogP contribution in [0, 0.1) is 13.8 Å². The van der Waals surface area contributed by atoms with Crippen LogP contribution in [-0.4, -0.2) is 47.8 Å². The van der Waals surface area contributed by atoms with Gasteiger partial charge in [0.05, 0.1) is 16.9 Å². The van der Waals surface area contributed by atoms with Crippen LogP contribution in [0.3, 0.4) is 0 Å². The molecule has 1 aliphatic rings. The number of amides is 1. The Bertz CT molecular complexity index is 1120. The van der Waals surface area contributed by atoms with Crippen molar-refractivity contribution in [3.63, 3.8) is 0 Å². The summed E-state index contributed by atoms with van der Waals surface area (Å²) in [5, 5.41) is 7.15. The van der Waals surface area contributed by atoms with Crippen molar-refractivity contribution in [3.05, 3.63) is 45.7 Å². The Kier molecular flexibility index (Phi) is 6.13. The van der Waals surface area contributed by atoms with Crippen LogP contribution in [0.1, 0.15) is 27.5 Å². The van der Waals surface area contributed by atoms with Crippen molar-refractivity contribution in [2.45, 2.75) is 26.3 Å². The molecule has 0 bridgehead atoms. The molecule has 4 rings (SSSR count). The largest absolute Gasteiger partial charge is 0.355 e. The maximum Gasteiger partial charge on any atom is 0.267 e. The first-order valence-corrected chi connectivity index (χ1v) is 11.1. The fourth-order valence-electron chi connectivity index (χ4n) is 3.57. The van der Waals surface area contributed by atoms with E-state index in [0.29, 0.717) is 32.4 Å². The normalized spacial score (nSPS) is 15.9. The molecule has 1 amide bonds. The van der Waals surface area contributed by atoms with E-state index in [1.54, 1.807) is 0 Å². The van der Waals surface area contributed by atoms with Gasteiger partial charge in [0.2, 0.25) is 0 Å². The Labute approximate surface area is 190 Å². The summed E-state index contributed by atoms with van der Waals surface area (Å²) < 4.78 is 0. The zero-order valence-electron chi connectivity index (χ0n) is 17.6. The lowest BCUT2D eigenvalue weighted by Crippen LogP contribution is -2.27. The van der Waals surface area contributed by atoms with E-state index >= 15 is 0 Å². The van der Waals surface area contributed by atoms with Crippen LogP contribution in [0.25, 0.3) is 0 Å². The fraction of sp³-hybridized carbons (Fsp3) is 0.300. The third-order valence-electron chi connectivity index (χ3n) is 5.01. The maximum atomic E-state index is 12.7. The molecule has 3 aromatic rings. The predicted molar refractivity (Wildman–Crippen MR) is 129 cm³/mol. The Morgan fingerprint density at radius 1 is 1.32 bits per heavy atom. The molecule has 1 aliphatic heterocycles. The summed E-state index contributed by atoms with van der Waals surface area (Å²) in [6.45, 7) is 5.41. The Morgan fingerprint density at radius 3 is 2.84 bits per heavy atom. The number of carbonyl (C=O) groups excluding carboxylic acids is 1. The van der Waals surface area contributed by atoms with Crippen molar-refractivity contribution in [2.24, 2.45) is 5.73 Å². The van der Waals surface area contributed by atoms with Gasteiger partial charge in [-0.1, -0.05) is 34.5 Å².